The number of benzene rings is 2. The molecular formula is C22H23N3O4. The number of aryl methyl sites for hydroxylation is 1. The van der Waals surface area contributed by atoms with E-state index in [4.69, 9.17) is 14.0 Å². The van der Waals surface area contributed by atoms with Crippen LogP contribution in [0.15, 0.2) is 40.9 Å². The van der Waals surface area contributed by atoms with Crippen molar-refractivity contribution < 1.29 is 18.8 Å². The zero-order chi connectivity index (χ0) is 20.5. The fourth-order valence-corrected chi connectivity index (χ4v) is 3.63. The summed E-state index contributed by atoms with van der Waals surface area (Å²) in [5, 5.41) is 4.14. The molecule has 0 saturated carbocycles. The molecule has 1 aliphatic rings. The van der Waals surface area contributed by atoms with E-state index in [1.807, 2.05) is 43.0 Å². The molecule has 29 heavy (non-hydrogen) atoms. The lowest BCUT2D eigenvalue weighted by molar-refractivity contribution is -0.117. The molecule has 7 nitrogen and oxygen atoms in total. The molecule has 1 atom stereocenters. The van der Waals surface area contributed by atoms with Crippen molar-refractivity contribution in [1.82, 2.24) is 10.1 Å². The topological polar surface area (TPSA) is 77.7 Å². The number of hydrogen-bond acceptors (Lipinski definition) is 6. The molecule has 3 aromatic rings. The second-order valence-electron chi connectivity index (χ2n) is 7.15. The van der Waals surface area contributed by atoms with Crippen LogP contribution in [0.3, 0.4) is 0 Å². The first kappa shape index (κ1) is 19.0. The number of carbonyl (C=O) groups excluding carboxylic acids is 1. The van der Waals surface area contributed by atoms with Gasteiger partial charge in [0.1, 0.15) is 0 Å². The van der Waals surface area contributed by atoms with Gasteiger partial charge in [-0.15, -0.1) is 0 Å². The van der Waals surface area contributed by atoms with Crippen molar-refractivity contribution in [2.24, 2.45) is 0 Å². The molecule has 2 heterocycles. The molecule has 0 aliphatic carbocycles. The molecule has 0 radical (unpaired) electrons. The maximum atomic E-state index is 12.7. The van der Waals surface area contributed by atoms with Crippen molar-refractivity contribution in [3.63, 3.8) is 0 Å². The third kappa shape index (κ3) is 3.44. The van der Waals surface area contributed by atoms with Crippen LogP contribution < -0.4 is 14.4 Å². The monoisotopic (exact) mass is 393 g/mol. The Kier molecular flexibility index (Phi) is 4.96. The Morgan fingerprint density at radius 1 is 1.10 bits per heavy atom. The number of carbonyl (C=O) groups is 1. The molecule has 0 spiro atoms. The molecule has 1 aromatic heterocycles. The highest BCUT2D eigenvalue weighted by Crippen LogP contribution is 2.35. The largest absolute Gasteiger partial charge is 0.493 e. The van der Waals surface area contributed by atoms with E-state index >= 15 is 0 Å². The van der Waals surface area contributed by atoms with Gasteiger partial charge in [-0.05, 0) is 49.2 Å². The molecule has 4 rings (SSSR count). The normalized spacial score (nSPS) is 16.3. The highest BCUT2D eigenvalue weighted by Gasteiger charge is 2.35. The molecule has 1 saturated heterocycles. The van der Waals surface area contributed by atoms with Crippen LogP contribution in [-0.2, 0) is 4.79 Å². The Labute approximate surface area is 169 Å². The standard InChI is InChI=1S/C22H23N3O4/c1-13-6-5-7-17(14(13)2)25-12-16(11-20(25)26)21-23-22(29-24-21)15-8-9-18(27-3)19(10-15)28-4/h5-10,16H,11-12H2,1-4H3. The average molecular weight is 393 g/mol. The van der Waals surface area contributed by atoms with Crippen molar-refractivity contribution in [2.45, 2.75) is 26.2 Å². The minimum absolute atomic E-state index is 0.0705. The van der Waals surface area contributed by atoms with Gasteiger partial charge < -0.3 is 18.9 Å². The van der Waals surface area contributed by atoms with Crippen molar-refractivity contribution >= 4 is 11.6 Å². The van der Waals surface area contributed by atoms with Gasteiger partial charge in [0, 0.05) is 30.1 Å². The lowest BCUT2D eigenvalue weighted by atomic mass is 10.1. The van der Waals surface area contributed by atoms with E-state index in [0.717, 1.165) is 22.4 Å². The van der Waals surface area contributed by atoms with Gasteiger partial charge in [0.05, 0.1) is 14.2 Å². The summed E-state index contributed by atoms with van der Waals surface area (Å²) < 4.78 is 16.1. The fraction of sp³-hybridized carbons (Fsp3) is 0.318. The number of amides is 1. The first-order valence-corrected chi connectivity index (χ1v) is 9.44. The SMILES string of the molecule is COc1ccc(-c2nc(C3CC(=O)N(c4cccc(C)c4C)C3)no2)cc1OC. The highest BCUT2D eigenvalue weighted by atomic mass is 16.5. The van der Waals surface area contributed by atoms with Gasteiger partial charge in [-0.2, -0.15) is 4.98 Å². The number of rotatable bonds is 5. The maximum absolute atomic E-state index is 12.7. The van der Waals surface area contributed by atoms with Crippen LogP contribution in [0.2, 0.25) is 0 Å². The summed E-state index contributed by atoms with van der Waals surface area (Å²) >= 11 is 0. The van der Waals surface area contributed by atoms with Gasteiger partial charge >= 0.3 is 0 Å². The summed E-state index contributed by atoms with van der Waals surface area (Å²) in [5.74, 6) is 2.10. The molecule has 0 N–H and O–H groups in total. The Bertz CT molecular complexity index is 1060. The summed E-state index contributed by atoms with van der Waals surface area (Å²) in [7, 11) is 3.16. The van der Waals surface area contributed by atoms with Crippen LogP contribution in [0.4, 0.5) is 5.69 Å². The van der Waals surface area contributed by atoms with Crippen LogP contribution in [0.25, 0.3) is 11.5 Å². The predicted molar refractivity (Wildman–Crippen MR) is 108 cm³/mol. The molecule has 1 fully saturated rings. The average Bonchev–Trinajstić information content (AvgIpc) is 3.36. The third-order valence-electron chi connectivity index (χ3n) is 5.43. The molecule has 1 amide bonds. The highest BCUT2D eigenvalue weighted by molar-refractivity contribution is 5.97. The minimum atomic E-state index is -0.111. The number of aromatic nitrogens is 2. The van der Waals surface area contributed by atoms with Crippen LogP contribution in [0, 0.1) is 13.8 Å². The summed E-state index contributed by atoms with van der Waals surface area (Å²) in [6.45, 7) is 4.62. The fourth-order valence-electron chi connectivity index (χ4n) is 3.63. The van der Waals surface area contributed by atoms with Crippen LogP contribution in [-0.4, -0.2) is 36.8 Å². The number of methoxy groups -OCH3 is 2. The van der Waals surface area contributed by atoms with E-state index in [1.165, 1.54) is 0 Å². The zero-order valence-corrected chi connectivity index (χ0v) is 16.9. The lowest BCUT2D eigenvalue weighted by Crippen LogP contribution is -2.25. The second kappa shape index (κ2) is 7.58. The van der Waals surface area contributed by atoms with Crippen LogP contribution >= 0.6 is 0 Å². The van der Waals surface area contributed by atoms with E-state index in [0.29, 0.717) is 36.2 Å². The molecule has 2 aromatic carbocycles. The van der Waals surface area contributed by atoms with Crippen LogP contribution in [0.5, 0.6) is 11.5 Å². The summed E-state index contributed by atoms with van der Waals surface area (Å²) in [6, 6.07) is 11.4. The van der Waals surface area contributed by atoms with Crippen molar-refractivity contribution in [3.05, 3.63) is 53.3 Å². The molecule has 1 aliphatic heterocycles. The van der Waals surface area contributed by atoms with Gasteiger partial charge in [-0.3, -0.25) is 4.79 Å². The summed E-state index contributed by atoms with van der Waals surface area (Å²) in [4.78, 5) is 19.0. The van der Waals surface area contributed by atoms with E-state index in [-0.39, 0.29) is 11.8 Å². The zero-order valence-electron chi connectivity index (χ0n) is 16.9. The molecule has 150 valence electrons. The lowest BCUT2D eigenvalue weighted by Gasteiger charge is -2.19. The van der Waals surface area contributed by atoms with Gasteiger partial charge in [-0.25, -0.2) is 0 Å². The summed E-state index contributed by atoms with van der Waals surface area (Å²) in [6.07, 6.45) is 0.359. The third-order valence-corrected chi connectivity index (χ3v) is 5.43. The van der Waals surface area contributed by atoms with E-state index in [1.54, 1.807) is 26.4 Å². The Balaban J connectivity index is 1.58. The van der Waals surface area contributed by atoms with Crippen LogP contribution in [0.1, 0.15) is 29.3 Å². The smallest absolute Gasteiger partial charge is 0.258 e. The van der Waals surface area contributed by atoms with Gasteiger partial charge in [-0.1, -0.05) is 17.3 Å². The van der Waals surface area contributed by atoms with Gasteiger partial charge in [0.15, 0.2) is 17.3 Å². The number of hydrogen-bond donors (Lipinski definition) is 0. The molecular weight excluding hydrogens is 370 g/mol. The first-order valence-electron chi connectivity index (χ1n) is 9.44. The first-order chi connectivity index (χ1) is 14.0. The van der Waals surface area contributed by atoms with Crippen molar-refractivity contribution in [1.29, 1.82) is 0 Å². The molecule has 0 bridgehead atoms. The Hall–Kier alpha value is -3.35. The number of anilines is 1. The van der Waals surface area contributed by atoms with Gasteiger partial charge in [0.2, 0.25) is 5.91 Å². The van der Waals surface area contributed by atoms with Gasteiger partial charge in [0.25, 0.3) is 5.89 Å². The maximum Gasteiger partial charge on any atom is 0.258 e. The second-order valence-corrected chi connectivity index (χ2v) is 7.15. The van der Waals surface area contributed by atoms with E-state index in [2.05, 4.69) is 10.1 Å². The number of nitrogens with zero attached hydrogens (tertiary/aromatic N) is 3. The Morgan fingerprint density at radius 2 is 1.90 bits per heavy atom. The van der Waals surface area contributed by atoms with E-state index in [9.17, 15) is 4.79 Å². The molecule has 7 heteroatoms. The Morgan fingerprint density at radius 3 is 2.66 bits per heavy atom. The van der Waals surface area contributed by atoms with Crippen molar-refractivity contribution in [3.8, 4) is 23.0 Å². The summed E-state index contributed by atoms with van der Waals surface area (Å²) in [5.41, 5.74) is 3.95. The minimum Gasteiger partial charge on any atom is -0.493 e. The molecule has 1 unspecified atom stereocenters. The predicted octanol–water partition coefficient (Wildman–Crippen LogP) is 3.89. The van der Waals surface area contributed by atoms with E-state index < -0.39 is 0 Å². The number of ether oxygens (including phenoxy) is 2. The quantitative estimate of drug-likeness (QED) is 0.654. The van der Waals surface area contributed by atoms with Crippen molar-refractivity contribution in [2.75, 3.05) is 25.7 Å².